The van der Waals surface area contributed by atoms with Gasteiger partial charge >= 0.3 is 0 Å². The van der Waals surface area contributed by atoms with Crippen LogP contribution in [0.4, 0.5) is 5.69 Å². The number of nitrogen functional groups attached to an aromatic ring is 1. The standard InChI is InChI=1S/C16H25BrN2/c1-3-19(15-7-5-4-6-8-15)11-13-10-14(17)9-12(2)16(13)18/h9-10,15H,3-8,11,18H2,1-2H3. The number of halogens is 1. The molecule has 2 rings (SSSR count). The highest BCUT2D eigenvalue weighted by Gasteiger charge is 2.20. The molecule has 1 aromatic rings. The summed E-state index contributed by atoms with van der Waals surface area (Å²) in [5.74, 6) is 0. The van der Waals surface area contributed by atoms with Crippen LogP contribution in [0, 0.1) is 6.92 Å². The number of nitrogens with two attached hydrogens (primary N) is 1. The fourth-order valence-electron chi connectivity index (χ4n) is 3.12. The lowest BCUT2D eigenvalue weighted by molar-refractivity contribution is 0.156. The molecule has 2 N–H and O–H groups in total. The predicted octanol–water partition coefficient (Wildman–Crippen LogP) is 4.49. The van der Waals surface area contributed by atoms with E-state index in [-0.39, 0.29) is 0 Å². The number of hydrogen-bond donors (Lipinski definition) is 1. The molecule has 1 fully saturated rings. The minimum absolute atomic E-state index is 0.748. The summed E-state index contributed by atoms with van der Waals surface area (Å²) in [5, 5.41) is 0. The zero-order chi connectivity index (χ0) is 13.8. The van der Waals surface area contributed by atoms with E-state index in [1.54, 1.807) is 0 Å². The van der Waals surface area contributed by atoms with Crippen molar-refractivity contribution in [2.24, 2.45) is 0 Å². The van der Waals surface area contributed by atoms with Crippen molar-refractivity contribution in [1.82, 2.24) is 4.90 Å². The first kappa shape index (κ1) is 14.9. The predicted molar refractivity (Wildman–Crippen MR) is 86.2 cm³/mol. The molecular formula is C16H25BrN2. The van der Waals surface area contributed by atoms with Crippen LogP contribution in [0.2, 0.25) is 0 Å². The maximum atomic E-state index is 6.24. The molecule has 0 aliphatic heterocycles. The van der Waals surface area contributed by atoms with Crippen molar-refractivity contribution in [3.8, 4) is 0 Å². The van der Waals surface area contributed by atoms with Crippen LogP contribution in [0.15, 0.2) is 16.6 Å². The van der Waals surface area contributed by atoms with E-state index in [1.165, 1.54) is 43.2 Å². The van der Waals surface area contributed by atoms with Gasteiger partial charge in [0.05, 0.1) is 0 Å². The van der Waals surface area contributed by atoms with Crippen LogP contribution in [0.25, 0.3) is 0 Å². The Morgan fingerprint density at radius 2 is 1.95 bits per heavy atom. The number of aryl methyl sites for hydroxylation is 1. The quantitative estimate of drug-likeness (QED) is 0.826. The van der Waals surface area contributed by atoms with Gasteiger partial charge in [-0.15, -0.1) is 0 Å². The normalized spacial score (nSPS) is 17.1. The van der Waals surface area contributed by atoms with E-state index in [9.17, 15) is 0 Å². The highest BCUT2D eigenvalue weighted by Crippen LogP contribution is 2.28. The monoisotopic (exact) mass is 324 g/mol. The van der Waals surface area contributed by atoms with Crippen molar-refractivity contribution >= 4 is 21.6 Å². The lowest BCUT2D eigenvalue weighted by Crippen LogP contribution is -2.36. The Kier molecular flexibility index (Phi) is 5.28. The minimum atomic E-state index is 0.748. The van der Waals surface area contributed by atoms with E-state index in [2.05, 4.69) is 46.8 Å². The molecule has 0 saturated heterocycles. The Morgan fingerprint density at radius 3 is 2.58 bits per heavy atom. The number of nitrogens with zero attached hydrogens (tertiary/aromatic N) is 1. The van der Waals surface area contributed by atoms with Crippen molar-refractivity contribution in [3.05, 3.63) is 27.7 Å². The van der Waals surface area contributed by atoms with E-state index in [0.29, 0.717) is 0 Å². The van der Waals surface area contributed by atoms with Gasteiger partial charge in [-0.25, -0.2) is 0 Å². The van der Waals surface area contributed by atoms with E-state index in [0.717, 1.165) is 29.3 Å². The maximum absolute atomic E-state index is 6.24. The first-order valence-corrected chi connectivity index (χ1v) is 8.19. The third-order valence-electron chi connectivity index (χ3n) is 4.31. The molecule has 0 bridgehead atoms. The van der Waals surface area contributed by atoms with Crippen LogP contribution in [0.3, 0.4) is 0 Å². The van der Waals surface area contributed by atoms with Gasteiger partial charge in [-0.3, -0.25) is 4.90 Å². The first-order chi connectivity index (χ1) is 9.11. The first-order valence-electron chi connectivity index (χ1n) is 7.40. The molecule has 1 saturated carbocycles. The second-order valence-electron chi connectivity index (χ2n) is 5.65. The fourth-order valence-corrected chi connectivity index (χ4v) is 3.74. The van der Waals surface area contributed by atoms with Gasteiger partial charge in [0.25, 0.3) is 0 Å². The molecule has 0 atom stereocenters. The zero-order valence-corrected chi connectivity index (χ0v) is 13.7. The topological polar surface area (TPSA) is 29.3 Å². The molecule has 1 aliphatic rings. The van der Waals surface area contributed by atoms with E-state index < -0.39 is 0 Å². The van der Waals surface area contributed by atoms with Gasteiger partial charge in [-0.2, -0.15) is 0 Å². The summed E-state index contributed by atoms with van der Waals surface area (Å²) in [4.78, 5) is 2.59. The summed E-state index contributed by atoms with van der Waals surface area (Å²) in [6, 6.07) is 5.02. The SMILES string of the molecule is CCN(Cc1cc(Br)cc(C)c1N)C1CCCCC1. The molecule has 0 radical (unpaired) electrons. The van der Waals surface area contributed by atoms with Crippen molar-refractivity contribution in [1.29, 1.82) is 0 Å². The van der Waals surface area contributed by atoms with Crippen LogP contribution < -0.4 is 5.73 Å². The van der Waals surface area contributed by atoms with Gasteiger partial charge in [-0.05, 0) is 49.6 Å². The average Bonchev–Trinajstić information content (AvgIpc) is 2.42. The largest absolute Gasteiger partial charge is 0.398 e. The summed E-state index contributed by atoms with van der Waals surface area (Å²) >= 11 is 3.58. The van der Waals surface area contributed by atoms with Gasteiger partial charge < -0.3 is 5.73 Å². The highest BCUT2D eigenvalue weighted by atomic mass is 79.9. The molecule has 0 aromatic heterocycles. The summed E-state index contributed by atoms with van der Waals surface area (Å²) in [5.41, 5.74) is 9.63. The van der Waals surface area contributed by atoms with Crippen molar-refractivity contribution in [3.63, 3.8) is 0 Å². The van der Waals surface area contributed by atoms with Crippen LogP contribution in [0.1, 0.15) is 50.2 Å². The van der Waals surface area contributed by atoms with Crippen molar-refractivity contribution in [2.45, 2.75) is 58.5 Å². The molecular weight excluding hydrogens is 300 g/mol. The molecule has 1 aliphatic carbocycles. The lowest BCUT2D eigenvalue weighted by atomic mass is 9.93. The van der Waals surface area contributed by atoms with Crippen LogP contribution in [-0.2, 0) is 6.54 Å². The molecule has 19 heavy (non-hydrogen) atoms. The molecule has 0 heterocycles. The Morgan fingerprint density at radius 1 is 1.26 bits per heavy atom. The third kappa shape index (κ3) is 3.73. The molecule has 2 nitrogen and oxygen atoms in total. The molecule has 0 spiro atoms. The minimum Gasteiger partial charge on any atom is -0.398 e. The number of hydrogen-bond acceptors (Lipinski definition) is 2. The number of rotatable bonds is 4. The van der Waals surface area contributed by atoms with Crippen LogP contribution >= 0.6 is 15.9 Å². The van der Waals surface area contributed by atoms with Crippen LogP contribution in [-0.4, -0.2) is 17.5 Å². The van der Waals surface area contributed by atoms with Crippen molar-refractivity contribution < 1.29 is 0 Å². The molecule has 106 valence electrons. The smallest absolute Gasteiger partial charge is 0.0390 e. The highest BCUT2D eigenvalue weighted by molar-refractivity contribution is 9.10. The van der Waals surface area contributed by atoms with Gasteiger partial charge in [-0.1, -0.05) is 42.1 Å². The van der Waals surface area contributed by atoms with Gasteiger partial charge in [0.2, 0.25) is 0 Å². The Labute approximate surface area is 125 Å². The molecule has 1 aromatic carbocycles. The summed E-state index contributed by atoms with van der Waals surface area (Å²) in [6.07, 6.45) is 6.87. The zero-order valence-electron chi connectivity index (χ0n) is 12.1. The molecule has 3 heteroatoms. The van der Waals surface area contributed by atoms with E-state index in [1.807, 2.05) is 0 Å². The summed E-state index contributed by atoms with van der Waals surface area (Å²) in [6.45, 7) is 6.43. The summed E-state index contributed by atoms with van der Waals surface area (Å²) < 4.78 is 1.13. The Balaban J connectivity index is 2.13. The van der Waals surface area contributed by atoms with E-state index >= 15 is 0 Å². The van der Waals surface area contributed by atoms with Gasteiger partial charge in [0.15, 0.2) is 0 Å². The second kappa shape index (κ2) is 6.76. The molecule has 0 amide bonds. The van der Waals surface area contributed by atoms with Crippen molar-refractivity contribution in [2.75, 3.05) is 12.3 Å². The summed E-state index contributed by atoms with van der Waals surface area (Å²) in [7, 11) is 0. The number of anilines is 1. The Bertz CT molecular complexity index is 425. The average molecular weight is 325 g/mol. The second-order valence-corrected chi connectivity index (χ2v) is 6.57. The third-order valence-corrected chi connectivity index (χ3v) is 4.77. The van der Waals surface area contributed by atoms with Crippen LogP contribution in [0.5, 0.6) is 0 Å². The van der Waals surface area contributed by atoms with E-state index in [4.69, 9.17) is 5.73 Å². The molecule has 0 unspecified atom stereocenters. The number of benzene rings is 1. The maximum Gasteiger partial charge on any atom is 0.0390 e. The Hall–Kier alpha value is -0.540. The van der Waals surface area contributed by atoms with Gasteiger partial charge in [0.1, 0.15) is 0 Å². The lowest BCUT2D eigenvalue weighted by Gasteiger charge is -2.34. The fraction of sp³-hybridized carbons (Fsp3) is 0.625. The van der Waals surface area contributed by atoms with Gasteiger partial charge in [0, 0.05) is 22.7 Å².